The Morgan fingerprint density at radius 3 is 2.11 bits per heavy atom. The standard InChI is InChI=1S/C11H13FS.C3H8.C2H6/c1-7-3-4-9(5-8(7)2)10-6-11(10)13-12;1-3-2;1-2/h3-5,10-11H,6H2,1-2H3;3H2,1-2H3;1-2H3. The molecule has 2 heteroatoms. The highest BCUT2D eigenvalue weighted by atomic mass is 32.2. The zero-order valence-electron chi connectivity index (χ0n) is 12.6. The Morgan fingerprint density at radius 1 is 1.17 bits per heavy atom. The maximum atomic E-state index is 12.2. The molecule has 1 aromatic carbocycles. The van der Waals surface area contributed by atoms with E-state index in [1.807, 2.05) is 13.8 Å². The maximum absolute atomic E-state index is 12.2. The average Bonchev–Trinajstić information content (AvgIpc) is 3.16. The Bertz CT molecular complexity index is 336. The fourth-order valence-electron chi connectivity index (χ4n) is 1.62. The molecule has 2 unspecified atom stereocenters. The highest BCUT2D eigenvalue weighted by Crippen LogP contribution is 2.49. The fourth-order valence-corrected chi connectivity index (χ4v) is 2.18. The largest absolute Gasteiger partial charge is 0.165 e. The molecule has 0 spiro atoms. The maximum Gasteiger partial charge on any atom is 0.0483 e. The summed E-state index contributed by atoms with van der Waals surface area (Å²) in [6.07, 6.45) is 2.25. The summed E-state index contributed by atoms with van der Waals surface area (Å²) >= 11 is 0.504. The predicted molar refractivity (Wildman–Crippen MR) is 83.1 cm³/mol. The Labute approximate surface area is 117 Å². The second kappa shape index (κ2) is 9.43. The van der Waals surface area contributed by atoms with Gasteiger partial charge >= 0.3 is 0 Å². The van der Waals surface area contributed by atoms with Crippen molar-refractivity contribution in [1.82, 2.24) is 0 Å². The summed E-state index contributed by atoms with van der Waals surface area (Å²) in [5, 5.41) is 0.224. The lowest BCUT2D eigenvalue weighted by molar-refractivity contribution is 0.928. The Hall–Kier alpha value is -0.500. The Morgan fingerprint density at radius 2 is 1.72 bits per heavy atom. The van der Waals surface area contributed by atoms with Gasteiger partial charge in [0.25, 0.3) is 0 Å². The van der Waals surface area contributed by atoms with Crippen LogP contribution in [0.4, 0.5) is 3.89 Å². The molecule has 0 bridgehead atoms. The minimum atomic E-state index is 0.224. The lowest BCUT2D eigenvalue weighted by atomic mass is 10.0. The van der Waals surface area contributed by atoms with Gasteiger partial charge in [-0.05, 0) is 42.9 Å². The lowest BCUT2D eigenvalue weighted by Crippen LogP contribution is -1.87. The van der Waals surface area contributed by atoms with Crippen LogP contribution in [0.5, 0.6) is 0 Å². The predicted octanol–water partition coefficient (Wildman–Crippen LogP) is 6.22. The first-order valence-electron chi connectivity index (χ1n) is 6.98. The first-order chi connectivity index (χ1) is 8.63. The van der Waals surface area contributed by atoms with Crippen molar-refractivity contribution in [2.24, 2.45) is 0 Å². The van der Waals surface area contributed by atoms with Crippen LogP contribution in [-0.2, 0) is 0 Å². The molecule has 0 saturated heterocycles. The van der Waals surface area contributed by atoms with Gasteiger partial charge < -0.3 is 0 Å². The van der Waals surface area contributed by atoms with Gasteiger partial charge in [-0.25, -0.2) is 0 Å². The number of aryl methyl sites for hydroxylation is 2. The van der Waals surface area contributed by atoms with Crippen molar-refractivity contribution < 1.29 is 3.89 Å². The van der Waals surface area contributed by atoms with E-state index in [1.54, 1.807) is 0 Å². The third kappa shape index (κ3) is 5.43. The highest BCUT2D eigenvalue weighted by molar-refractivity contribution is 7.95. The number of halogens is 1. The molecule has 1 aliphatic rings. The van der Waals surface area contributed by atoms with Gasteiger partial charge in [0.15, 0.2) is 0 Å². The van der Waals surface area contributed by atoms with Crippen molar-refractivity contribution in [1.29, 1.82) is 0 Å². The van der Waals surface area contributed by atoms with Gasteiger partial charge in [0.05, 0.1) is 0 Å². The van der Waals surface area contributed by atoms with Gasteiger partial charge in [-0.3, -0.25) is 0 Å². The van der Waals surface area contributed by atoms with Crippen molar-refractivity contribution >= 4 is 12.1 Å². The molecule has 0 N–H and O–H groups in total. The van der Waals surface area contributed by atoms with Gasteiger partial charge in [-0.1, -0.05) is 52.3 Å². The van der Waals surface area contributed by atoms with Crippen molar-refractivity contribution in [3.8, 4) is 0 Å². The van der Waals surface area contributed by atoms with Crippen LogP contribution in [0.1, 0.15) is 63.1 Å². The molecule has 0 aromatic heterocycles. The summed E-state index contributed by atoms with van der Waals surface area (Å²) in [6, 6.07) is 6.45. The molecule has 2 atom stereocenters. The molecule has 0 radical (unpaired) electrons. The monoisotopic (exact) mass is 270 g/mol. The quantitative estimate of drug-likeness (QED) is 0.614. The third-order valence-corrected chi connectivity index (χ3v) is 3.56. The topological polar surface area (TPSA) is 0 Å². The van der Waals surface area contributed by atoms with Gasteiger partial charge in [0.1, 0.15) is 0 Å². The molecule has 2 rings (SSSR count). The first-order valence-corrected chi connectivity index (χ1v) is 7.76. The van der Waals surface area contributed by atoms with Gasteiger partial charge in [0, 0.05) is 17.4 Å². The van der Waals surface area contributed by atoms with E-state index in [0.717, 1.165) is 6.42 Å². The second-order valence-electron chi connectivity index (χ2n) is 4.52. The van der Waals surface area contributed by atoms with Crippen molar-refractivity contribution in [3.63, 3.8) is 0 Å². The smallest absolute Gasteiger partial charge is 0.0483 e. The van der Waals surface area contributed by atoms with Crippen LogP contribution in [0.2, 0.25) is 0 Å². The molecule has 104 valence electrons. The van der Waals surface area contributed by atoms with E-state index in [4.69, 9.17) is 0 Å². The van der Waals surface area contributed by atoms with Crippen LogP contribution in [0.3, 0.4) is 0 Å². The van der Waals surface area contributed by atoms with Crippen LogP contribution in [-0.4, -0.2) is 5.25 Å². The zero-order chi connectivity index (χ0) is 14.1. The van der Waals surface area contributed by atoms with Crippen LogP contribution in [0.25, 0.3) is 0 Å². The van der Waals surface area contributed by atoms with E-state index in [1.165, 1.54) is 23.1 Å². The van der Waals surface area contributed by atoms with E-state index in [0.29, 0.717) is 18.1 Å². The summed E-state index contributed by atoms with van der Waals surface area (Å²) in [5.74, 6) is 0.467. The molecule has 1 aliphatic carbocycles. The molecule has 0 nitrogen and oxygen atoms in total. The molecule has 1 fully saturated rings. The summed E-state index contributed by atoms with van der Waals surface area (Å²) in [6.45, 7) is 12.5. The van der Waals surface area contributed by atoms with Crippen LogP contribution < -0.4 is 0 Å². The van der Waals surface area contributed by atoms with Crippen molar-refractivity contribution in [2.45, 2.75) is 65.6 Å². The molecule has 1 saturated carbocycles. The number of benzene rings is 1. The van der Waals surface area contributed by atoms with Crippen LogP contribution in [0, 0.1) is 13.8 Å². The van der Waals surface area contributed by atoms with Crippen LogP contribution in [0.15, 0.2) is 18.2 Å². The number of rotatable bonds is 2. The lowest BCUT2D eigenvalue weighted by Gasteiger charge is -2.03. The van der Waals surface area contributed by atoms with Crippen LogP contribution >= 0.6 is 12.1 Å². The SMILES string of the molecule is CC.CCC.Cc1ccc(C2CC2SF)cc1C. The summed E-state index contributed by atoms with van der Waals surface area (Å²) in [7, 11) is 0. The summed E-state index contributed by atoms with van der Waals surface area (Å²) < 4.78 is 12.2. The van der Waals surface area contributed by atoms with E-state index in [9.17, 15) is 3.89 Å². The van der Waals surface area contributed by atoms with E-state index >= 15 is 0 Å². The summed E-state index contributed by atoms with van der Waals surface area (Å²) in [4.78, 5) is 0. The normalized spacial score (nSPS) is 20.2. The van der Waals surface area contributed by atoms with Gasteiger partial charge in [-0.2, -0.15) is 3.89 Å². The third-order valence-electron chi connectivity index (χ3n) is 2.81. The molecule has 0 amide bonds. The van der Waals surface area contributed by atoms with E-state index < -0.39 is 0 Å². The zero-order valence-corrected chi connectivity index (χ0v) is 13.4. The minimum Gasteiger partial charge on any atom is -0.165 e. The van der Waals surface area contributed by atoms with E-state index in [2.05, 4.69) is 45.9 Å². The van der Waals surface area contributed by atoms with Crippen molar-refractivity contribution in [2.75, 3.05) is 0 Å². The van der Waals surface area contributed by atoms with Crippen molar-refractivity contribution in [3.05, 3.63) is 34.9 Å². The first kappa shape index (κ1) is 17.5. The molecule has 0 heterocycles. The second-order valence-corrected chi connectivity index (χ2v) is 5.30. The highest BCUT2D eigenvalue weighted by Gasteiger charge is 2.39. The number of hydrogen-bond donors (Lipinski definition) is 0. The fraction of sp³-hybridized carbons (Fsp3) is 0.625. The molecular weight excluding hydrogens is 243 g/mol. The summed E-state index contributed by atoms with van der Waals surface area (Å²) in [5.41, 5.74) is 3.93. The van der Waals surface area contributed by atoms with Gasteiger partial charge in [0.2, 0.25) is 0 Å². The molecule has 18 heavy (non-hydrogen) atoms. The average molecular weight is 270 g/mol. The number of hydrogen-bond acceptors (Lipinski definition) is 1. The Kier molecular flexibility index (Phi) is 9.17. The van der Waals surface area contributed by atoms with E-state index in [-0.39, 0.29) is 5.25 Å². The molecule has 1 aromatic rings. The molecule has 0 aliphatic heterocycles. The minimum absolute atomic E-state index is 0.224. The Balaban J connectivity index is 0.000000509. The molecular formula is C16H27FS. The van der Waals surface area contributed by atoms with Gasteiger partial charge in [-0.15, -0.1) is 0 Å².